The van der Waals surface area contributed by atoms with Crippen molar-refractivity contribution in [3.63, 3.8) is 0 Å². The minimum absolute atomic E-state index is 0.219. The lowest BCUT2D eigenvalue weighted by Gasteiger charge is -2.33. The number of piperidine rings is 1. The monoisotopic (exact) mass is 299 g/mol. The highest BCUT2D eigenvalue weighted by Gasteiger charge is 2.28. The number of carbonyl (C=O) groups excluding carboxylic acids is 1. The van der Waals surface area contributed by atoms with Crippen molar-refractivity contribution in [1.29, 1.82) is 0 Å². The predicted molar refractivity (Wildman–Crippen MR) is 94.0 cm³/mol. The zero-order chi connectivity index (χ0) is 16.2. The van der Waals surface area contributed by atoms with Crippen LogP contribution in [0.2, 0.25) is 0 Å². The van der Waals surface area contributed by atoms with Crippen LogP contribution >= 0.6 is 0 Å². The molecule has 0 unspecified atom stereocenters. The minimum atomic E-state index is -0.312. The van der Waals surface area contributed by atoms with E-state index in [1.54, 1.807) is 6.08 Å². The number of allylic oxidation sites excluding steroid dienone is 1. The Hall–Kier alpha value is -1.41. The first-order valence-corrected chi connectivity index (χ1v) is 8.41. The summed E-state index contributed by atoms with van der Waals surface area (Å²) in [4.78, 5) is 15.0. The molecule has 0 aromatic heterocycles. The molecule has 0 N–H and O–H groups in total. The van der Waals surface area contributed by atoms with Gasteiger partial charge in [-0.15, -0.1) is 0 Å². The molecule has 22 heavy (non-hydrogen) atoms. The minimum Gasteiger partial charge on any atom is -0.302 e. The average molecular weight is 299 g/mol. The van der Waals surface area contributed by atoms with Gasteiger partial charge >= 0.3 is 0 Å². The summed E-state index contributed by atoms with van der Waals surface area (Å²) >= 11 is 0. The second kappa shape index (κ2) is 7.23. The largest absolute Gasteiger partial charge is 0.302 e. The highest BCUT2D eigenvalue weighted by Crippen LogP contribution is 2.22. The molecule has 0 radical (unpaired) electrons. The third-order valence-electron chi connectivity index (χ3n) is 4.69. The second-order valence-electron chi connectivity index (χ2n) is 7.26. The van der Waals surface area contributed by atoms with Gasteiger partial charge in [0.25, 0.3) is 0 Å². The van der Waals surface area contributed by atoms with Crippen LogP contribution in [0.3, 0.4) is 0 Å². The van der Waals surface area contributed by atoms with Crippen molar-refractivity contribution in [2.75, 3.05) is 19.6 Å². The van der Waals surface area contributed by atoms with E-state index in [9.17, 15) is 4.79 Å². The molecule has 2 heteroatoms. The van der Waals surface area contributed by atoms with E-state index in [4.69, 9.17) is 0 Å². The van der Waals surface area contributed by atoms with Crippen LogP contribution in [0.1, 0.15) is 49.8 Å². The van der Waals surface area contributed by atoms with Gasteiger partial charge in [0, 0.05) is 12.0 Å². The molecule has 1 aliphatic rings. The van der Waals surface area contributed by atoms with Crippen molar-refractivity contribution in [2.45, 2.75) is 47.0 Å². The topological polar surface area (TPSA) is 20.3 Å². The van der Waals surface area contributed by atoms with E-state index < -0.39 is 0 Å². The molecule has 0 spiro atoms. The maximum Gasteiger partial charge on any atom is 0.162 e. The smallest absolute Gasteiger partial charge is 0.162 e. The molecule has 0 bridgehead atoms. The lowest BCUT2D eigenvalue weighted by atomic mass is 9.86. The number of nitrogens with zero attached hydrogens (tertiary/aromatic N) is 1. The first-order chi connectivity index (χ1) is 10.4. The fraction of sp³-hybridized carbons (Fsp3) is 0.550. The number of carbonyl (C=O) groups is 1. The standard InChI is InChI=1S/C20H29NO/c1-16-8-9-18(14-17(16)2)10-11-19(22)20(3,4)15-21-12-6-5-7-13-21/h8-11,14H,5-7,12-13,15H2,1-4H3/b11-10+. The Balaban J connectivity index is 1.99. The van der Waals surface area contributed by atoms with E-state index in [1.807, 2.05) is 6.08 Å². The van der Waals surface area contributed by atoms with Crippen LogP contribution in [-0.4, -0.2) is 30.3 Å². The number of ketones is 1. The maximum atomic E-state index is 12.6. The van der Waals surface area contributed by atoms with Crippen LogP contribution in [0.5, 0.6) is 0 Å². The van der Waals surface area contributed by atoms with Gasteiger partial charge in [-0.2, -0.15) is 0 Å². The quantitative estimate of drug-likeness (QED) is 0.751. The third kappa shape index (κ3) is 4.54. The molecule has 120 valence electrons. The van der Waals surface area contributed by atoms with Gasteiger partial charge in [-0.3, -0.25) is 4.79 Å². The summed E-state index contributed by atoms with van der Waals surface area (Å²) in [5, 5.41) is 0. The van der Waals surface area contributed by atoms with Crippen molar-refractivity contribution in [1.82, 2.24) is 4.90 Å². The lowest BCUT2D eigenvalue weighted by Crippen LogP contribution is -2.41. The Bertz CT molecular complexity index is 551. The fourth-order valence-corrected chi connectivity index (χ4v) is 3.02. The molecule has 1 aliphatic heterocycles. The van der Waals surface area contributed by atoms with Crippen LogP contribution in [0, 0.1) is 19.3 Å². The first-order valence-electron chi connectivity index (χ1n) is 8.41. The fourth-order valence-electron chi connectivity index (χ4n) is 3.02. The normalized spacial score (nSPS) is 17.1. The Kier molecular flexibility index (Phi) is 5.57. The van der Waals surface area contributed by atoms with Crippen LogP contribution in [0.4, 0.5) is 0 Å². The molecule has 2 nitrogen and oxygen atoms in total. The van der Waals surface area contributed by atoms with Gasteiger partial charge in [0.1, 0.15) is 0 Å². The highest BCUT2D eigenvalue weighted by atomic mass is 16.1. The van der Waals surface area contributed by atoms with E-state index >= 15 is 0 Å². The Morgan fingerprint density at radius 3 is 2.45 bits per heavy atom. The van der Waals surface area contributed by atoms with Crippen LogP contribution in [0.25, 0.3) is 6.08 Å². The summed E-state index contributed by atoms with van der Waals surface area (Å²) in [5.74, 6) is 0.219. The maximum absolute atomic E-state index is 12.6. The molecule has 2 rings (SSSR count). The van der Waals surface area contributed by atoms with Gasteiger partial charge in [-0.1, -0.05) is 44.5 Å². The number of hydrogen-bond acceptors (Lipinski definition) is 2. The SMILES string of the molecule is Cc1ccc(/C=C/C(=O)C(C)(C)CN2CCCCC2)cc1C. The molecule has 0 saturated carbocycles. The number of aryl methyl sites for hydroxylation is 2. The van der Waals surface area contributed by atoms with E-state index in [2.05, 4.69) is 50.8 Å². The van der Waals surface area contributed by atoms with Crippen molar-refractivity contribution in [2.24, 2.45) is 5.41 Å². The summed E-state index contributed by atoms with van der Waals surface area (Å²) in [6.07, 6.45) is 7.57. The molecule has 1 aromatic rings. The van der Waals surface area contributed by atoms with Crippen LogP contribution in [0.15, 0.2) is 24.3 Å². The van der Waals surface area contributed by atoms with Gasteiger partial charge in [0.2, 0.25) is 0 Å². The van der Waals surface area contributed by atoms with Gasteiger partial charge < -0.3 is 4.90 Å². The Morgan fingerprint density at radius 2 is 1.82 bits per heavy atom. The highest BCUT2D eigenvalue weighted by molar-refractivity contribution is 5.97. The van der Waals surface area contributed by atoms with Crippen LogP contribution in [-0.2, 0) is 4.79 Å². The summed E-state index contributed by atoms with van der Waals surface area (Å²) in [7, 11) is 0. The molecule has 1 heterocycles. The van der Waals surface area contributed by atoms with Gasteiger partial charge in [-0.25, -0.2) is 0 Å². The van der Waals surface area contributed by atoms with Crippen LogP contribution < -0.4 is 0 Å². The van der Waals surface area contributed by atoms with Crippen molar-refractivity contribution < 1.29 is 4.79 Å². The molecular weight excluding hydrogens is 270 g/mol. The van der Waals surface area contributed by atoms with Crippen molar-refractivity contribution >= 4 is 11.9 Å². The molecule has 1 fully saturated rings. The zero-order valence-electron chi connectivity index (χ0n) is 14.5. The first kappa shape index (κ1) is 17.0. The van der Waals surface area contributed by atoms with E-state index in [1.165, 1.54) is 30.4 Å². The average Bonchev–Trinajstić information content (AvgIpc) is 2.48. The molecule has 1 aromatic carbocycles. The molecule has 0 amide bonds. The number of rotatable bonds is 5. The Morgan fingerprint density at radius 1 is 1.14 bits per heavy atom. The number of benzene rings is 1. The molecule has 0 aliphatic carbocycles. The summed E-state index contributed by atoms with van der Waals surface area (Å²) in [6, 6.07) is 6.32. The molecular formula is C20H29NO. The van der Waals surface area contributed by atoms with E-state index in [0.717, 1.165) is 25.2 Å². The van der Waals surface area contributed by atoms with E-state index in [-0.39, 0.29) is 11.2 Å². The van der Waals surface area contributed by atoms with Gasteiger partial charge in [0.05, 0.1) is 0 Å². The zero-order valence-corrected chi connectivity index (χ0v) is 14.5. The summed E-state index contributed by atoms with van der Waals surface area (Å²) < 4.78 is 0. The predicted octanol–water partition coefficient (Wildman–Crippen LogP) is 4.40. The molecule has 1 saturated heterocycles. The summed E-state index contributed by atoms with van der Waals surface area (Å²) in [6.45, 7) is 11.5. The van der Waals surface area contributed by atoms with Gasteiger partial charge in [-0.05, 0) is 62.5 Å². The lowest BCUT2D eigenvalue weighted by molar-refractivity contribution is -0.123. The molecule has 0 atom stereocenters. The second-order valence-corrected chi connectivity index (χ2v) is 7.26. The van der Waals surface area contributed by atoms with Crippen molar-refractivity contribution in [3.05, 3.63) is 41.0 Å². The summed E-state index contributed by atoms with van der Waals surface area (Å²) in [5.41, 5.74) is 3.34. The van der Waals surface area contributed by atoms with Crippen molar-refractivity contribution in [3.8, 4) is 0 Å². The third-order valence-corrected chi connectivity index (χ3v) is 4.69. The number of hydrogen-bond donors (Lipinski definition) is 0. The Labute approximate surface area is 135 Å². The van der Waals surface area contributed by atoms with Gasteiger partial charge in [0.15, 0.2) is 5.78 Å². The van der Waals surface area contributed by atoms with E-state index in [0.29, 0.717) is 0 Å². The number of likely N-dealkylation sites (tertiary alicyclic amines) is 1.